The Labute approximate surface area is 115 Å². The van der Waals surface area contributed by atoms with E-state index in [9.17, 15) is 9.59 Å². The topological polar surface area (TPSA) is 91.6 Å². The largest absolute Gasteiger partial charge is 0.333 e. The number of nitrogen functional groups attached to an aromatic ring is 1. The molecule has 1 saturated heterocycles. The van der Waals surface area contributed by atoms with E-state index in [4.69, 9.17) is 5.84 Å². The molecule has 1 aliphatic heterocycles. The lowest BCUT2D eigenvalue weighted by Gasteiger charge is -2.33. The first-order valence-electron chi connectivity index (χ1n) is 6.15. The summed E-state index contributed by atoms with van der Waals surface area (Å²) in [5.74, 6) is 4.41. The van der Waals surface area contributed by atoms with Crippen LogP contribution in [0.5, 0.6) is 0 Å². The Morgan fingerprint density at radius 3 is 2.68 bits per heavy atom. The minimum atomic E-state index is -0.435. The molecule has 1 aromatic rings. The molecule has 104 valence electrons. The summed E-state index contributed by atoms with van der Waals surface area (Å²) in [7, 11) is 0. The van der Waals surface area contributed by atoms with Crippen molar-refractivity contribution < 1.29 is 9.59 Å². The van der Waals surface area contributed by atoms with Gasteiger partial charge in [-0.1, -0.05) is 18.3 Å². The van der Waals surface area contributed by atoms with Gasteiger partial charge in [-0.3, -0.25) is 15.0 Å². The second kappa shape index (κ2) is 5.98. The zero-order chi connectivity index (χ0) is 13.8. The molecule has 0 aromatic carbocycles. The lowest BCUT2D eigenvalue weighted by Crippen LogP contribution is -2.53. The number of carbonyl (C=O) groups is 2. The standard InChI is InChI=1S/C11H17N5O2S/c1-2-3-15-4-5-16(10(18)9(15)17)7-8-6-13-11(14-12)19-8/h6H,2-5,7,12H2,1H3,(H,13,14). The molecule has 1 aliphatic rings. The summed E-state index contributed by atoms with van der Waals surface area (Å²) >= 11 is 1.37. The van der Waals surface area contributed by atoms with Gasteiger partial charge in [0.15, 0.2) is 5.13 Å². The SMILES string of the molecule is CCCN1CCN(Cc2cnc(NN)s2)C(=O)C1=O. The summed E-state index contributed by atoms with van der Waals surface area (Å²) in [4.78, 5) is 31.9. The highest BCUT2D eigenvalue weighted by Gasteiger charge is 2.32. The average Bonchev–Trinajstić information content (AvgIpc) is 2.86. The number of rotatable bonds is 5. The van der Waals surface area contributed by atoms with E-state index < -0.39 is 11.8 Å². The van der Waals surface area contributed by atoms with E-state index in [-0.39, 0.29) is 0 Å². The number of hydrazine groups is 1. The average molecular weight is 283 g/mol. The van der Waals surface area contributed by atoms with Crippen molar-refractivity contribution in [2.45, 2.75) is 19.9 Å². The number of amides is 2. The van der Waals surface area contributed by atoms with Gasteiger partial charge in [0, 0.05) is 30.7 Å². The van der Waals surface area contributed by atoms with Crippen LogP contribution in [0.15, 0.2) is 6.20 Å². The number of piperazine rings is 1. The molecule has 3 N–H and O–H groups in total. The number of thiazole rings is 1. The highest BCUT2D eigenvalue weighted by atomic mass is 32.1. The number of hydrogen-bond acceptors (Lipinski definition) is 6. The van der Waals surface area contributed by atoms with Gasteiger partial charge in [-0.2, -0.15) is 0 Å². The number of nitrogens with two attached hydrogens (primary N) is 1. The third kappa shape index (κ3) is 3.02. The molecule has 0 aliphatic carbocycles. The molecule has 7 nitrogen and oxygen atoms in total. The molecule has 0 radical (unpaired) electrons. The van der Waals surface area contributed by atoms with Crippen LogP contribution in [-0.4, -0.2) is 46.2 Å². The van der Waals surface area contributed by atoms with Gasteiger partial charge in [0.25, 0.3) is 0 Å². The summed E-state index contributed by atoms with van der Waals surface area (Å²) < 4.78 is 0. The predicted octanol–water partition coefficient (Wildman–Crippen LogP) is 0.00950. The third-order valence-electron chi connectivity index (χ3n) is 2.91. The summed E-state index contributed by atoms with van der Waals surface area (Å²) in [5, 5.41) is 0.596. The summed E-state index contributed by atoms with van der Waals surface area (Å²) in [6, 6.07) is 0. The first-order valence-corrected chi connectivity index (χ1v) is 6.96. The molecule has 2 amide bonds. The number of hydrogen-bond donors (Lipinski definition) is 2. The maximum atomic E-state index is 12.0. The fourth-order valence-corrected chi connectivity index (χ4v) is 2.72. The molecule has 1 aromatic heterocycles. The van der Waals surface area contributed by atoms with Crippen molar-refractivity contribution in [2.75, 3.05) is 25.1 Å². The van der Waals surface area contributed by atoms with Gasteiger partial charge in [-0.05, 0) is 6.42 Å². The molecule has 0 saturated carbocycles. The van der Waals surface area contributed by atoms with E-state index >= 15 is 0 Å². The van der Waals surface area contributed by atoms with E-state index in [0.29, 0.717) is 31.3 Å². The summed E-state index contributed by atoms with van der Waals surface area (Å²) in [5.41, 5.74) is 2.46. The van der Waals surface area contributed by atoms with Crippen LogP contribution in [0.4, 0.5) is 5.13 Å². The van der Waals surface area contributed by atoms with Gasteiger partial charge in [0.2, 0.25) is 0 Å². The van der Waals surface area contributed by atoms with E-state index in [2.05, 4.69) is 10.4 Å². The van der Waals surface area contributed by atoms with Crippen LogP contribution in [0, 0.1) is 0 Å². The first kappa shape index (κ1) is 13.8. The lowest BCUT2D eigenvalue weighted by atomic mass is 10.2. The molecule has 8 heteroatoms. The van der Waals surface area contributed by atoms with Gasteiger partial charge >= 0.3 is 11.8 Å². The maximum Gasteiger partial charge on any atom is 0.312 e. The van der Waals surface area contributed by atoms with Crippen LogP contribution < -0.4 is 11.3 Å². The zero-order valence-electron chi connectivity index (χ0n) is 10.8. The minimum absolute atomic E-state index is 0.407. The quantitative estimate of drug-likeness (QED) is 0.451. The molecular weight excluding hydrogens is 266 g/mol. The third-order valence-corrected chi connectivity index (χ3v) is 3.83. The van der Waals surface area contributed by atoms with Crippen molar-refractivity contribution in [1.82, 2.24) is 14.8 Å². The number of carbonyl (C=O) groups excluding carboxylic acids is 2. The second-order valence-corrected chi connectivity index (χ2v) is 5.41. The Morgan fingerprint density at radius 2 is 2.05 bits per heavy atom. The number of nitrogens with zero attached hydrogens (tertiary/aromatic N) is 3. The van der Waals surface area contributed by atoms with E-state index in [1.54, 1.807) is 16.0 Å². The smallest absolute Gasteiger partial charge is 0.312 e. The number of aromatic nitrogens is 1. The van der Waals surface area contributed by atoms with Crippen molar-refractivity contribution in [2.24, 2.45) is 5.84 Å². The van der Waals surface area contributed by atoms with Crippen LogP contribution in [0.25, 0.3) is 0 Å². The monoisotopic (exact) mass is 283 g/mol. The molecular formula is C11H17N5O2S. The first-order chi connectivity index (χ1) is 9.15. The van der Waals surface area contributed by atoms with Crippen molar-refractivity contribution in [3.8, 4) is 0 Å². The van der Waals surface area contributed by atoms with Gasteiger partial charge < -0.3 is 9.80 Å². The number of nitrogens with one attached hydrogen (secondary N) is 1. The molecule has 1 fully saturated rings. The molecule has 19 heavy (non-hydrogen) atoms. The maximum absolute atomic E-state index is 12.0. The second-order valence-electron chi connectivity index (χ2n) is 4.29. The van der Waals surface area contributed by atoms with Crippen molar-refractivity contribution in [3.05, 3.63) is 11.1 Å². The molecule has 0 spiro atoms. The normalized spacial score (nSPS) is 16.1. The summed E-state index contributed by atoms with van der Waals surface area (Å²) in [6.45, 7) is 4.19. The molecule has 0 bridgehead atoms. The van der Waals surface area contributed by atoms with Gasteiger partial charge in [-0.15, -0.1) is 0 Å². The van der Waals surface area contributed by atoms with Crippen molar-refractivity contribution >= 4 is 28.3 Å². The van der Waals surface area contributed by atoms with E-state index in [0.717, 1.165) is 11.3 Å². The van der Waals surface area contributed by atoms with Crippen molar-refractivity contribution in [1.29, 1.82) is 0 Å². The Kier molecular flexibility index (Phi) is 4.33. The van der Waals surface area contributed by atoms with Crippen LogP contribution >= 0.6 is 11.3 Å². The fourth-order valence-electron chi connectivity index (χ4n) is 1.98. The molecule has 0 atom stereocenters. The lowest BCUT2D eigenvalue weighted by molar-refractivity contribution is -0.156. The van der Waals surface area contributed by atoms with Gasteiger partial charge in [0.05, 0.1) is 6.54 Å². The van der Waals surface area contributed by atoms with E-state index in [1.807, 2.05) is 6.92 Å². The molecule has 2 heterocycles. The molecule has 2 rings (SSSR count). The number of anilines is 1. The highest BCUT2D eigenvalue weighted by molar-refractivity contribution is 7.15. The van der Waals surface area contributed by atoms with Gasteiger partial charge in [-0.25, -0.2) is 10.8 Å². The van der Waals surface area contributed by atoms with Crippen LogP contribution in [0.2, 0.25) is 0 Å². The van der Waals surface area contributed by atoms with Crippen LogP contribution in [-0.2, 0) is 16.1 Å². The highest BCUT2D eigenvalue weighted by Crippen LogP contribution is 2.19. The zero-order valence-corrected chi connectivity index (χ0v) is 11.6. The van der Waals surface area contributed by atoms with E-state index in [1.165, 1.54) is 11.3 Å². The van der Waals surface area contributed by atoms with Crippen LogP contribution in [0.1, 0.15) is 18.2 Å². The van der Waals surface area contributed by atoms with Crippen LogP contribution in [0.3, 0.4) is 0 Å². The Hall–Kier alpha value is -1.67. The Bertz CT molecular complexity index is 475. The fraction of sp³-hybridized carbons (Fsp3) is 0.545. The summed E-state index contributed by atoms with van der Waals surface area (Å²) in [6.07, 6.45) is 2.52. The predicted molar refractivity (Wildman–Crippen MR) is 72.2 cm³/mol. The van der Waals surface area contributed by atoms with Gasteiger partial charge in [0.1, 0.15) is 0 Å². The minimum Gasteiger partial charge on any atom is -0.333 e. The Balaban J connectivity index is 1.99. The Morgan fingerprint density at radius 1 is 1.37 bits per heavy atom. The molecule has 0 unspecified atom stereocenters. The van der Waals surface area contributed by atoms with Crippen molar-refractivity contribution in [3.63, 3.8) is 0 Å².